The number of nitrogens with one attached hydrogen (secondary N) is 1. The van der Waals surface area contributed by atoms with E-state index in [1.807, 2.05) is 24.3 Å². The van der Waals surface area contributed by atoms with Crippen LogP contribution in [0.1, 0.15) is 18.4 Å². The van der Waals surface area contributed by atoms with Crippen LogP contribution < -0.4 is 10.1 Å². The Morgan fingerprint density at radius 1 is 1.19 bits per heavy atom. The summed E-state index contributed by atoms with van der Waals surface area (Å²) in [6, 6.07) is 15.9. The first-order valence-electron chi connectivity index (χ1n) is 8.96. The Labute approximate surface area is 160 Å². The standard InChI is InChI=1S/C20H24N2O4S/c1-26-18-9-5-7-16(13-18)14-21-20(23)17-8-6-12-22(15-17)27(24,25)19-10-3-2-4-11-19/h2-5,7,9-11,13,17H,6,8,12,14-15H2,1H3,(H,21,23)/t17-/m0/s1. The van der Waals surface area contributed by atoms with Crippen LogP contribution in [0.5, 0.6) is 5.75 Å². The zero-order valence-electron chi connectivity index (χ0n) is 15.3. The Hall–Kier alpha value is -2.38. The Bertz CT molecular complexity index is 884. The lowest BCUT2D eigenvalue weighted by Crippen LogP contribution is -2.45. The van der Waals surface area contributed by atoms with Gasteiger partial charge in [-0.05, 0) is 42.7 Å². The van der Waals surface area contributed by atoms with Crippen LogP contribution in [-0.2, 0) is 21.4 Å². The summed E-state index contributed by atoms with van der Waals surface area (Å²) in [6.45, 7) is 1.04. The quantitative estimate of drug-likeness (QED) is 0.825. The van der Waals surface area contributed by atoms with Gasteiger partial charge in [-0.15, -0.1) is 0 Å². The van der Waals surface area contributed by atoms with E-state index in [4.69, 9.17) is 4.74 Å². The number of ether oxygens (including phenoxy) is 1. The van der Waals surface area contributed by atoms with Crippen molar-refractivity contribution in [2.75, 3.05) is 20.2 Å². The molecule has 6 nitrogen and oxygen atoms in total. The van der Waals surface area contributed by atoms with Gasteiger partial charge < -0.3 is 10.1 Å². The summed E-state index contributed by atoms with van der Waals surface area (Å²) in [6.07, 6.45) is 1.36. The van der Waals surface area contributed by atoms with E-state index in [0.717, 1.165) is 11.3 Å². The van der Waals surface area contributed by atoms with Crippen molar-refractivity contribution in [3.63, 3.8) is 0 Å². The smallest absolute Gasteiger partial charge is 0.243 e. The van der Waals surface area contributed by atoms with Crippen LogP contribution in [0.4, 0.5) is 0 Å². The van der Waals surface area contributed by atoms with Crippen LogP contribution in [-0.4, -0.2) is 38.8 Å². The highest BCUT2D eigenvalue weighted by Gasteiger charge is 2.33. The first kappa shape index (κ1) is 19.4. The molecule has 144 valence electrons. The minimum Gasteiger partial charge on any atom is -0.497 e. The molecule has 1 aliphatic heterocycles. The molecule has 2 aromatic rings. The predicted octanol–water partition coefficient (Wildman–Crippen LogP) is 2.41. The second-order valence-electron chi connectivity index (χ2n) is 6.58. The van der Waals surface area contributed by atoms with Gasteiger partial charge >= 0.3 is 0 Å². The molecule has 3 rings (SSSR count). The van der Waals surface area contributed by atoms with E-state index >= 15 is 0 Å². The number of amides is 1. The molecule has 1 N–H and O–H groups in total. The number of carbonyl (C=O) groups is 1. The number of rotatable bonds is 6. The lowest BCUT2D eigenvalue weighted by Gasteiger charge is -2.31. The lowest BCUT2D eigenvalue weighted by molar-refractivity contribution is -0.126. The molecule has 0 radical (unpaired) electrons. The van der Waals surface area contributed by atoms with Crippen LogP contribution in [0.15, 0.2) is 59.5 Å². The molecule has 1 fully saturated rings. The first-order chi connectivity index (χ1) is 13.0. The van der Waals surface area contributed by atoms with E-state index < -0.39 is 10.0 Å². The Morgan fingerprint density at radius 3 is 2.70 bits per heavy atom. The molecule has 0 saturated carbocycles. The van der Waals surface area contributed by atoms with Crippen molar-refractivity contribution in [1.82, 2.24) is 9.62 Å². The van der Waals surface area contributed by atoms with Crippen LogP contribution in [0.25, 0.3) is 0 Å². The van der Waals surface area contributed by atoms with E-state index in [-0.39, 0.29) is 23.3 Å². The van der Waals surface area contributed by atoms with Gasteiger partial charge in [-0.25, -0.2) is 8.42 Å². The molecular weight excluding hydrogens is 364 g/mol. The summed E-state index contributed by atoms with van der Waals surface area (Å²) in [7, 11) is -1.97. The van der Waals surface area contributed by atoms with Gasteiger partial charge in [0.25, 0.3) is 0 Å². The van der Waals surface area contributed by atoms with Crippen molar-refractivity contribution >= 4 is 15.9 Å². The molecule has 0 aromatic heterocycles. The zero-order chi connectivity index (χ0) is 19.3. The molecule has 1 atom stereocenters. The van der Waals surface area contributed by atoms with E-state index in [9.17, 15) is 13.2 Å². The zero-order valence-corrected chi connectivity index (χ0v) is 16.1. The van der Waals surface area contributed by atoms with Crippen molar-refractivity contribution in [2.24, 2.45) is 5.92 Å². The highest BCUT2D eigenvalue weighted by molar-refractivity contribution is 7.89. The first-order valence-corrected chi connectivity index (χ1v) is 10.4. The van der Waals surface area contributed by atoms with Gasteiger partial charge in [-0.1, -0.05) is 30.3 Å². The molecule has 1 saturated heterocycles. The third kappa shape index (κ3) is 4.67. The number of piperidine rings is 1. The second-order valence-corrected chi connectivity index (χ2v) is 8.52. The minimum absolute atomic E-state index is 0.120. The topological polar surface area (TPSA) is 75.7 Å². The number of hydrogen-bond donors (Lipinski definition) is 1. The van der Waals surface area contributed by atoms with Crippen molar-refractivity contribution in [1.29, 1.82) is 0 Å². The van der Waals surface area contributed by atoms with Gasteiger partial charge in [0.1, 0.15) is 5.75 Å². The van der Waals surface area contributed by atoms with Gasteiger partial charge in [0, 0.05) is 19.6 Å². The predicted molar refractivity (Wildman–Crippen MR) is 103 cm³/mol. The number of methoxy groups -OCH3 is 1. The summed E-state index contributed by atoms with van der Waals surface area (Å²) in [5, 5.41) is 2.92. The van der Waals surface area contributed by atoms with Gasteiger partial charge in [0.05, 0.1) is 17.9 Å². The maximum Gasteiger partial charge on any atom is 0.243 e. The third-order valence-corrected chi connectivity index (χ3v) is 6.62. The van der Waals surface area contributed by atoms with E-state index in [1.165, 1.54) is 4.31 Å². The Balaban J connectivity index is 1.62. The molecular formula is C20H24N2O4S. The summed E-state index contributed by atoms with van der Waals surface area (Å²) in [5.41, 5.74) is 0.937. The summed E-state index contributed by atoms with van der Waals surface area (Å²) < 4.78 is 32.2. The van der Waals surface area contributed by atoms with Crippen molar-refractivity contribution in [3.8, 4) is 5.75 Å². The second kappa shape index (κ2) is 8.54. The average Bonchev–Trinajstić information content (AvgIpc) is 2.73. The van der Waals surface area contributed by atoms with E-state index in [1.54, 1.807) is 37.4 Å². The SMILES string of the molecule is COc1cccc(CNC(=O)[C@H]2CCCN(S(=O)(=O)c3ccccc3)C2)c1. The number of carbonyl (C=O) groups excluding carboxylic acids is 1. The highest BCUT2D eigenvalue weighted by Crippen LogP contribution is 2.24. The molecule has 0 spiro atoms. The van der Waals surface area contributed by atoms with E-state index in [0.29, 0.717) is 25.9 Å². The number of benzene rings is 2. The van der Waals surface area contributed by atoms with Crippen LogP contribution in [0, 0.1) is 5.92 Å². The van der Waals surface area contributed by atoms with Crippen LogP contribution in [0.2, 0.25) is 0 Å². The third-order valence-electron chi connectivity index (χ3n) is 4.74. The van der Waals surface area contributed by atoms with Crippen molar-refractivity contribution in [2.45, 2.75) is 24.3 Å². The molecule has 0 unspecified atom stereocenters. The molecule has 1 heterocycles. The molecule has 0 aliphatic carbocycles. The van der Waals surface area contributed by atoms with Crippen molar-refractivity contribution < 1.29 is 17.9 Å². The van der Waals surface area contributed by atoms with Gasteiger partial charge in [0.2, 0.25) is 15.9 Å². The fraction of sp³-hybridized carbons (Fsp3) is 0.350. The van der Waals surface area contributed by atoms with Crippen molar-refractivity contribution in [3.05, 3.63) is 60.2 Å². The summed E-state index contributed by atoms with van der Waals surface area (Å²) in [4.78, 5) is 12.8. The number of hydrogen-bond acceptors (Lipinski definition) is 4. The maximum absolute atomic E-state index is 12.8. The van der Waals surface area contributed by atoms with Crippen LogP contribution >= 0.6 is 0 Å². The maximum atomic E-state index is 12.8. The summed E-state index contributed by atoms with van der Waals surface area (Å²) >= 11 is 0. The summed E-state index contributed by atoms with van der Waals surface area (Å²) in [5.74, 6) is 0.271. The molecule has 1 aliphatic rings. The molecule has 7 heteroatoms. The van der Waals surface area contributed by atoms with E-state index in [2.05, 4.69) is 5.32 Å². The number of nitrogens with zero attached hydrogens (tertiary/aromatic N) is 1. The molecule has 1 amide bonds. The van der Waals surface area contributed by atoms with Gasteiger partial charge in [0.15, 0.2) is 0 Å². The highest BCUT2D eigenvalue weighted by atomic mass is 32.2. The fourth-order valence-corrected chi connectivity index (χ4v) is 4.78. The monoisotopic (exact) mass is 388 g/mol. The molecule has 0 bridgehead atoms. The molecule has 27 heavy (non-hydrogen) atoms. The molecule has 2 aromatic carbocycles. The average molecular weight is 388 g/mol. The normalized spacial score (nSPS) is 18.0. The van der Waals surface area contributed by atoms with Gasteiger partial charge in [-0.3, -0.25) is 4.79 Å². The lowest BCUT2D eigenvalue weighted by atomic mass is 9.99. The number of sulfonamides is 1. The minimum atomic E-state index is -3.57. The van der Waals surface area contributed by atoms with Gasteiger partial charge in [-0.2, -0.15) is 4.31 Å². The Kier molecular flexibility index (Phi) is 6.13. The van der Waals surface area contributed by atoms with Crippen LogP contribution in [0.3, 0.4) is 0 Å². The largest absolute Gasteiger partial charge is 0.497 e. The fourth-order valence-electron chi connectivity index (χ4n) is 3.23. The Morgan fingerprint density at radius 2 is 1.96 bits per heavy atom.